The molecule has 0 spiro atoms. The first-order chi connectivity index (χ1) is 6.07. The molecule has 0 saturated carbocycles. The smallest absolute Gasteiger partial charge is 0.320 e. The highest BCUT2D eigenvalue weighted by Crippen LogP contribution is 2.03. The molecule has 0 aliphatic carbocycles. The Morgan fingerprint density at radius 3 is 2.54 bits per heavy atom. The molecule has 5 heteroatoms. The Labute approximate surface area is 77.6 Å². The van der Waals surface area contributed by atoms with Crippen LogP contribution in [0, 0.1) is 5.41 Å². The maximum absolute atomic E-state index is 10.3. The van der Waals surface area contributed by atoms with Gasteiger partial charge in [0.15, 0.2) is 0 Å². The average molecular weight is 187 g/mol. The maximum atomic E-state index is 10.3. The predicted molar refractivity (Wildman–Crippen MR) is 50.8 cm³/mol. The van der Waals surface area contributed by atoms with Crippen LogP contribution >= 0.6 is 0 Å². The molecule has 0 fully saturated rings. The van der Waals surface area contributed by atoms with Gasteiger partial charge in [0.2, 0.25) is 0 Å². The first-order valence-corrected chi connectivity index (χ1v) is 4.30. The van der Waals surface area contributed by atoms with Crippen molar-refractivity contribution in [2.24, 2.45) is 11.5 Å². The molecule has 0 aromatic carbocycles. The Kier molecular flexibility index (Phi) is 6.09. The molecule has 0 rings (SSSR count). The molecule has 5 nitrogen and oxygen atoms in total. The lowest BCUT2D eigenvalue weighted by molar-refractivity contribution is -0.138. The third-order valence-electron chi connectivity index (χ3n) is 1.83. The van der Waals surface area contributed by atoms with Gasteiger partial charge in [-0.3, -0.25) is 4.79 Å². The Morgan fingerprint density at radius 1 is 1.46 bits per heavy atom. The van der Waals surface area contributed by atoms with Gasteiger partial charge in [0, 0.05) is 6.04 Å². The van der Waals surface area contributed by atoms with Gasteiger partial charge in [-0.15, -0.1) is 0 Å². The second-order valence-electron chi connectivity index (χ2n) is 3.08. The highest BCUT2D eigenvalue weighted by molar-refractivity contribution is 5.72. The molecule has 0 bridgehead atoms. The molecule has 0 aliphatic heterocycles. The number of hydrogen-bond acceptors (Lipinski definition) is 4. The van der Waals surface area contributed by atoms with Crippen molar-refractivity contribution >= 4 is 12.2 Å². The van der Waals surface area contributed by atoms with Crippen LogP contribution in [-0.2, 0) is 4.79 Å². The van der Waals surface area contributed by atoms with E-state index in [1.807, 2.05) is 0 Å². The summed E-state index contributed by atoms with van der Waals surface area (Å²) in [5, 5.41) is 15.3. The van der Waals surface area contributed by atoms with Gasteiger partial charge < -0.3 is 22.0 Å². The van der Waals surface area contributed by atoms with Crippen molar-refractivity contribution in [2.45, 2.75) is 37.8 Å². The van der Waals surface area contributed by atoms with Crippen molar-refractivity contribution in [3.8, 4) is 0 Å². The molecule has 0 aromatic heterocycles. The zero-order valence-electron chi connectivity index (χ0n) is 7.57. The van der Waals surface area contributed by atoms with Crippen LogP contribution in [0.2, 0.25) is 0 Å². The summed E-state index contributed by atoms with van der Waals surface area (Å²) in [4.78, 5) is 10.3. The van der Waals surface area contributed by atoms with E-state index >= 15 is 0 Å². The standard InChI is InChI=1S/C8H17N3O2/c9-5-4-6(10)2-1-3-7(11)8(12)13/h5-7,9H,1-4,10-11H2,(H,12,13)/t6?,7-/m0/s1. The monoisotopic (exact) mass is 187 g/mol. The molecule has 13 heavy (non-hydrogen) atoms. The first kappa shape index (κ1) is 12.1. The number of rotatable bonds is 7. The van der Waals surface area contributed by atoms with E-state index in [1.165, 1.54) is 6.21 Å². The number of nitrogens with two attached hydrogens (primary N) is 2. The summed E-state index contributed by atoms with van der Waals surface area (Å²) >= 11 is 0. The van der Waals surface area contributed by atoms with E-state index in [0.717, 1.165) is 6.42 Å². The van der Waals surface area contributed by atoms with Crippen LogP contribution in [0.1, 0.15) is 25.7 Å². The van der Waals surface area contributed by atoms with Crippen LogP contribution < -0.4 is 11.5 Å². The Hall–Kier alpha value is -0.940. The molecule has 0 radical (unpaired) electrons. The Morgan fingerprint density at radius 2 is 2.08 bits per heavy atom. The van der Waals surface area contributed by atoms with Crippen molar-refractivity contribution in [3.05, 3.63) is 0 Å². The summed E-state index contributed by atoms with van der Waals surface area (Å²) in [6.07, 6.45) is 3.67. The van der Waals surface area contributed by atoms with Gasteiger partial charge in [-0.25, -0.2) is 0 Å². The van der Waals surface area contributed by atoms with E-state index in [9.17, 15) is 4.79 Å². The van der Waals surface area contributed by atoms with Gasteiger partial charge in [-0.05, 0) is 31.9 Å². The first-order valence-electron chi connectivity index (χ1n) is 4.30. The Bertz CT molecular complexity index is 173. The number of nitrogens with one attached hydrogen (secondary N) is 1. The van der Waals surface area contributed by atoms with Gasteiger partial charge in [0.05, 0.1) is 0 Å². The fourth-order valence-electron chi connectivity index (χ4n) is 0.993. The summed E-state index contributed by atoms with van der Waals surface area (Å²) < 4.78 is 0. The summed E-state index contributed by atoms with van der Waals surface area (Å²) in [5.41, 5.74) is 10.9. The van der Waals surface area contributed by atoms with Gasteiger partial charge in [-0.1, -0.05) is 0 Å². The maximum Gasteiger partial charge on any atom is 0.320 e. The van der Waals surface area contributed by atoms with Crippen LogP contribution in [0.3, 0.4) is 0 Å². The van der Waals surface area contributed by atoms with Gasteiger partial charge in [0.1, 0.15) is 6.04 Å². The molecule has 2 atom stereocenters. The van der Waals surface area contributed by atoms with Crippen LogP contribution in [-0.4, -0.2) is 29.4 Å². The normalized spacial score (nSPS) is 14.9. The van der Waals surface area contributed by atoms with E-state index in [-0.39, 0.29) is 6.04 Å². The molecule has 1 unspecified atom stereocenters. The minimum absolute atomic E-state index is 0.0431. The van der Waals surface area contributed by atoms with E-state index in [2.05, 4.69) is 0 Å². The lowest BCUT2D eigenvalue weighted by atomic mass is 10.0. The fourth-order valence-corrected chi connectivity index (χ4v) is 0.993. The van der Waals surface area contributed by atoms with Crippen molar-refractivity contribution < 1.29 is 9.90 Å². The predicted octanol–water partition coefficient (Wildman–Crippen LogP) is -0.0644. The van der Waals surface area contributed by atoms with E-state index < -0.39 is 12.0 Å². The fraction of sp³-hybridized carbons (Fsp3) is 0.750. The van der Waals surface area contributed by atoms with Crippen molar-refractivity contribution in [3.63, 3.8) is 0 Å². The van der Waals surface area contributed by atoms with Crippen LogP contribution in [0.25, 0.3) is 0 Å². The lowest BCUT2D eigenvalue weighted by Crippen LogP contribution is -2.30. The number of carboxylic acids is 1. The van der Waals surface area contributed by atoms with Crippen LogP contribution in [0.15, 0.2) is 0 Å². The highest BCUT2D eigenvalue weighted by Gasteiger charge is 2.11. The third-order valence-corrected chi connectivity index (χ3v) is 1.83. The summed E-state index contributed by atoms with van der Waals surface area (Å²) in [7, 11) is 0. The third kappa shape index (κ3) is 6.24. The van der Waals surface area contributed by atoms with E-state index in [0.29, 0.717) is 19.3 Å². The minimum atomic E-state index is -0.972. The van der Waals surface area contributed by atoms with E-state index in [1.54, 1.807) is 0 Å². The highest BCUT2D eigenvalue weighted by atomic mass is 16.4. The second kappa shape index (κ2) is 6.56. The Balaban J connectivity index is 3.44. The molecular weight excluding hydrogens is 170 g/mol. The molecular formula is C8H17N3O2. The van der Waals surface area contributed by atoms with Crippen molar-refractivity contribution in [1.82, 2.24) is 0 Å². The molecule has 0 heterocycles. The van der Waals surface area contributed by atoms with Crippen LogP contribution in [0.5, 0.6) is 0 Å². The van der Waals surface area contributed by atoms with Gasteiger partial charge in [-0.2, -0.15) is 0 Å². The molecule has 76 valence electrons. The second-order valence-corrected chi connectivity index (χ2v) is 3.08. The molecule has 0 aliphatic rings. The number of hydrogen-bond donors (Lipinski definition) is 4. The average Bonchev–Trinajstić information content (AvgIpc) is 2.04. The number of aliphatic carboxylic acids is 1. The van der Waals surface area contributed by atoms with Crippen LogP contribution in [0.4, 0.5) is 0 Å². The van der Waals surface area contributed by atoms with Gasteiger partial charge >= 0.3 is 5.97 Å². The SMILES string of the molecule is N=CCC(N)CCC[C@H](N)C(=O)O. The largest absolute Gasteiger partial charge is 0.480 e. The summed E-state index contributed by atoms with van der Waals surface area (Å²) in [6.45, 7) is 0. The summed E-state index contributed by atoms with van der Waals surface area (Å²) in [6, 6.07) is -0.828. The number of carbonyl (C=O) groups is 1. The zero-order valence-corrected chi connectivity index (χ0v) is 7.57. The van der Waals surface area contributed by atoms with E-state index in [4.69, 9.17) is 22.0 Å². The zero-order chi connectivity index (χ0) is 10.3. The molecule has 0 saturated heterocycles. The van der Waals surface area contributed by atoms with Crippen molar-refractivity contribution in [1.29, 1.82) is 5.41 Å². The topological polar surface area (TPSA) is 113 Å². The van der Waals surface area contributed by atoms with Crippen molar-refractivity contribution in [2.75, 3.05) is 0 Å². The van der Waals surface area contributed by atoms with Gasteiger partial charge in [0.25, 0.3) is 0 Å². The molecule has 6 N–H and O–H groups in total. The summed E-state index contributed by atoms with van der Waals surface area (Å²) in [5.74, 6) is -0.972. The lowest BCUT2D eigenvalue weighted by Gasteiger charge is -2.09. The quantitative estimate of drug-likeness (QED) is 0.418. The minimum Gasteiger partial charge on any atom is -0.480 e. The molecule has 0 amide bonds. The number of carboxylic acid groups (broad SMARTS) is 1. The molecule has 0 aromatic rings.